The molecule has 1 aliphatic heterocycles. The van der Waals surface area contributed by atoms with Gasteiger partial charge in [-0.05, 0) is 19.1 Å². The molecule has 4 rings (SSSR count). The maximum Gasteiger partial charge on any atom is 0.255 e. The molecular formula is C22H20ClFN8O2. The largest absolute Gasteiger partial charge is 0.387 e. The Morgan fingerprint density at radius 2 is 2.15 bits per heavy atom. The van der Waals surface area contributed by atoms with Gasteiger partial charge in [0.1, 0.15) is 23.1 Å². The summed E-state index contributed by atoms with van der Waals surface area (Å²) in [5, 5.41) is 23.0. The van der Waals surface area contributed by atoms with Crippen molar-refractivity contribution < 1.29 is 14.0 Å². The van der Waals surface area contributed by atoms with Crippen LogP contribution in [-0.2, 0) is 4.79 Å². The number of anilines is 1. The van der Waals surface area contributed by atoms with Crippen molar-refractivity contribution in [2.75, 3.05) is 25.5 Å². The molecule has 2 amide bonds. The SMILES string of the molecule is CNc1cc(Cl)cc(F)c1C(=N)c1cnc2[nH]cc(C(=O)NC(C)C(=O)N3CC(C#N)C3)c2n1. The minimum absolute atomic E-state index is 0.0356. The van der Waals surface area contributed by atoms with Crippen molar-refractivity contribution in [2.24, 2.45) is 5.92 Å². The predicted molar refractivity (Wildman–Crippen MR) is 123 cm³/mol. The fourth-order valence-electron chi connectivity index (χ4n) is 3.69. The van der Waals surface area contributed by atoms with Crippen LogP contribution in [0.4, 0.5) is 10.1 Å². The third-order valence-corrected chi connectivity index (χ3v) is 5.77. The van der Waals surface area contributed by atoms with Crippen molar-refractivity contribution in [3.8, 4) is 6.07 Å². The van der Waals surface area contributed by atoms with E-state index in [1.165, 1.54) is 23.4 Å². The van der Waals surface area contributed by atoms with Crippen molar-refractivity contribution >= 4 is 46.0 Å². The van der Waals surface area contributed by atoms with E-state index in [1.807, 2.05) is 0 Å². The lowest BCUT2D eigenvalue weighted by Crippen LogP contribution is -2.55. The summed E-state index contributed by atoms with van der Waals surface area (Å²) in [6, 6.07) is 3.87. The van der Waals surface area contributed by atoms with Gasteiger partial charge in [-0.2, -0.15) is 5.26 Å². The summed E-state index contributed by atoms with van der Waals surface area (Å²) >= 11 is 5.91. The van der Waals surface area contributed by atoms with Crippen molar-refractivity contribution in [3.63, 3.8) is 0 Å². The number of fused-ring (bicyclic) bond motifs is 1. The molecule has 12 heteroatoms. The highest BCUT2D eigenvalue weighted by Crippen LogP contribution is 2.27. The molecule has 0 spiro atoms. The van der Waals surface area contributed by atoms with Crippen LogP contribution in [0.2, 0.25) is 5.02 Å². The molecule has 0 aliphatic carbocycles. The van der Waals surface area contributed by atoms with Gasteiger partial charge in [0.05, 0.1) is 35.0 Å². The Labute approximate surface area is 198 Å². The topological polar surface area (TPSA) is 151 Å². The highest BCUT2D eigenvalue weighted by Gasteiger charge is 2.33. The van der Waals surface area contributed by atoms with Crippen LogP contribution in [0.5, 0.6) is 0 Å². The van der Waals surface area contributed by atoms with E-state index in [0.29, 0.717) is 24.4 Å². The molecule has 34 heavy (non-hydrogen) atoms. The van der Waals surface area contributed by atoms with Gasteiger partial charge in [-0.3, -0.25) is 15.0 Å². The van der Waals surface area contributed by atoms with Crippen LogP contribution in [-0.4, -0.2) is 63.6 Å². The van der Waals surface area contributed by atoms with Crippen LogP contribution in [0.25, 0.3) is 11.2 Å². The van der Waals surface area contributed by atoms with Crippen molar-refractivity contribution in [2.45, 2.75) is 13.0 Å². The Balaban J connectivity index is 1.58. The minimum atomic E-state index is -0.812. The summed E-state index contributed by atoms with van der Waals surface area (Å²) in [6.07, 6.45) is 2.71. The monoisotopic (exact) mass is 482 g/mol. The Morgan fingerprint density at radius 1 is 1.41 bits per heavy atom. The second-order valence-electron chi connectivity index (χ2n) is 7.85. The van der Waals surface area contributed by atoms with Gasteiger partial charge in [-0.25, -0.2) is 14.4 Å². The number of halogens is 2. The van der Waals surface area contributed by atoms with E-state index in [1.54, 1.807) is 14.0 Å². The number of likely N-dealkylation sites (tertiary alicyclic amines) is 1. The molecule has 0 radical (unpaired) electrons. The number of nitriles is 1. The zero-order chi connectivity index (χ0) is 24.6. The number of H-pyrrole nitrogens is 1. The van der Waals surface area contributed by atoms with Gasteiger partial charge in [0, 0.05) is 37.0 Å². The number of aromatic nitrogens is 3. The van der Waals surface area contributed by atoms with E-state index < -0.39 is 17.8 Å². The number of nitrogens with zero attached hydrogens (tertiary/aromatic N) is 4. The van der Waals surface area contributed by atoms with E-state index in [-0.39, 0.29) is 44.9 Å². The van der Waals surface area contributed by atoms with Gasteiger partial charge < -0.3 is 20.5 Å². The van der Waals surface area contributed by atoms with Crippen molar-refractivity contribution in [3.05, 3.63) is 52.2 Å². The molecule has 3 heterocycles. The number of benzene rings is 1. The minimum Gasteiger partial charge on any atom is -0.387 e. The summed E-state index contributed by atoms with van der Waals surface area (Å²) < 4.78 is 14.6. The average Bonchev–Trinajstić information content (AvgIpc) is 3.20. The maximum absolute atomic E-state index is 14.6. The Hall–Kier alpha value is -4.04. The van der Waals surface area contributed by atoms with Gasteiger partial charge in [0.15, 0.2) is 5.65 Å². The first-order valence-corrected chi connectivity index (χ1v) is 10.7. The third kappa shape index (κ3) is 4.15. The van der Waals surface area contributed by atoms with Crippen LogP contribution >= 0.6 is 11.6 Å². The molecule has 174 valence electrons. The molecule has 1 saturated heterocycles. The first-order valence-electron chi connectivity index (χ1n) is 10.3. The average molecular weight is 483 g/mol. The van der Waals surface area contributed by atoms with Crippen molar-refractivity contribution in [1.82, 2.24) is 25.2 Å². The first-order chi connectivity index (χ1) is 16.2. The molecule has 1 fully saturated rings. The number of amides is 2. The summed E-state index contributed by atoms with van der Waals surface area (Å²) in [5.74, 6) is -1.73. The smallest absolute Gasteiger partial charge is 0.255 e. The number of nitrogens with one attached hydrogen (secondary N) is 4. The summed E-state index contributed by atoms with van der Waals surface area (Å²) in [6.45, 7) is 2.25. The second-order valence-corrected chi connectivity index (χ2v) is 8.29. The first kappa shape index (κ1) is 23.1. The van der Waals surface area contributed by atoms with E-state index in [2.05, 4.69) is 31.7 Å². The molecule has 3 aromatic rings. The quantitative estimate of drug-likeness (QED) is 0.396. The molecule has 1 unspecified atom stereocenters. The number of rotatable bonds is 6. The molecular weight excluding hydrogens is 463 g/mol. The number of aromatic amines is 1. The summed E-state index contributed by atoms with van der Waals surface area (Å²) in [5.41, 5.74) is 0.673. The summed E-state index contributed by atoms with van der Waals surface area (Å²) in [4.78, 5) is 38.2. The summed E-state index contributed by atoms with van der Waals surface area (Å²) in [7, 11) is 1.58. The lowest BCUT2D eigenvalue weighted by molar-refractivity contribution is -0.137. The molecule has 10 nitrogen and oxygen atoms in total. The van der Waals surface area contributed by atoms with Gasteiger partial charge in [-0.1, -0.05) is 11.6 Å². The zero-order valence-corrected chi connectivity index (χ0v) is 19.0. The number of hydrogen-bond donors (Lipinski definition) is 4. The number of carbonyl (C=O) groups is 2. The fourth-order valence-corrected chi connectivity index (χ4v) is 3.89. The van der Waals surface area contributed by atoms with Crippen LogP contribution in [0.3, 0.4) is 0 Å². The van der Waals surface area contributed by atoms with Gasteiger partial charge in [0.25, 0.3) is 5.91 Å². The molecule has 2 aromatic heterocycles. The highest BCUT2D eigenvalue weighted by molar-refractivity contribution is 6.31. The fraction of sp³-hybridized carbons (Fsp3) is 0.273. The Kier molecular flexibility index (Phi) is 6.17. The molecule has 1 aromatic carbocycles. The Bertz CT molecular complexity index is 1360. The van der Waals surface area contributed by atoms with Crippen molar-refractivity contribution in [1.29, 1.82) is 10.7 Å². The molecule has 0 saturated carbocycles. The van der Waals surface area contributed by atoms with Crippen LogP contribution in [0.1, 0.15) is 28.5 Å². The van der Waals surface area contributed by atoms with E-state index in [4.69, 9.17) is 22.3 Å². The van der Waals surface area contributed by atoms with Crippen LogP contribution in [0.15, 0.2) is 24.5 Å². The lowest BCUT2D eigenvalue weighted by atomic mass is 10.0. The highest BCUT2D eigenvalue weighted by atomic mass is 35.5. The number of carbonyl (C=O) groups excluding carboxylic acids is 2. The van der Waals surface area contributed by atoms with Gasteiger partial charge in [0.2, 0.25) is 5.91 Å². The Morgan fingerprint density at radius 3 is 2.82 bits per heavy atom. The maximum atomic E-state index is 14.6. The standard InChI is InChI=1S/C22H20ClFN8O2/c1-10(22(34)32-8-11(5-25)9-32)30-21(33)13-6-28-20-19(13)31-16(7-29-20)18(26)17-14(24)3-12(23)4-15(17)27-2/h3-4,6-7,10-11,26-27H,8-9H2,1-2H3,(H,28,29)(H,30,33). The zero-order valence-electron chi connectivity index (χ0n) is 18.2. The second kappa shape index (κ2) is 9.07. The van der Waals surface area contributed by atoms with Gasteiger partial charge in [-0.15, -0.1) is 0 Å². The van der Waals surface area contributed by atoms with E-state index >= 15 is 0 Å². The number of hydrogen-bond acceptors (Lipinski definition) is 7. The normalized spacial score (nSPS) is 14.3. The van der Waals surface area contributed by atoms with Crippen LogP contribution in [0, 0.1) is 28.5 Å². The van der Waals surface area contributed by atoms with E-state index in [9.17, 15) is 14.0 Å². The molecule has 1 atom stereocenters. The molecule has 4 N–H and O–H groups in total. The molecule has 1 aliphatic rings. The van der Waals surface area contributed by atoms with E-state index in [0.717, 1.165) is 6.07 Å². The predicted octanol–water partition coefficient (Wildman–Crippen LogP) is 2.31. The third-order valence-electron chi connectivity index (χ3n) is 5.55. The van der Waals surface area contributed by atoms with Crippen LogP contribution < -0.4 is 10.6 Å². The van der Waals surface area contributed by atoms with Gasteiger partial charge >= 0.3 is 0 Å². The lowest BCUT2D eigenvalue weighted by Gasteiger charge is -2.37. The molecule has 0 bridgehead atoms.